The molecule has 0 saturated heterocycles. The number of nitrogens with zero attached hydrogens (tertiary/aromatic N) is 3. The maximum atomic E-state index is 12.5. The number of hydrogen-bond acceptors (Lipinski definition) is 7. The molecule has 9 heteroatoms. The zero-order valence-electron chi connectivity index (χ0n) is 14.7. The van der Waals surface area contributed by atoms with Gasteiger partial charge in [0.2, 0.25) is 0 Å². The number of para-hydroxylation sites is 2. The summed E-state index contributed by atoms with van der Waals surface area (Å²) in [5, 5.41) is 9.06. The Kier molecular flexibility index (Phi) is 4.47. The molecule has 0 aliphatic rings. The molecule has 2 aromatic heterocycles. The van der Waals surface area contributed by atoms with Gasteiger partial charge < -0.3 is 19.1 Å². The van der Waals surface area contributed by atoms with Gasteiger partial charge in [-0.25, -0.2) is 9.78 Å². The number of aryl methyl sites for hydroxylation is 1. The van der Waals surface area contributed by atoms with Crippen molar-refractivity contribution < 1.29 is 14.1 Å². The van der Waals surface area contributed by atoms with E-state index < -0.39 is 6.09 Å². The van der Waals surface area contributed by atoms with Crippen molar-refractivity contribution in [1.29, 1.82) is 0 Å². The number of benzene rings is 2. The van der Waals surface area contributed by atoms with E-state index in [2.05, 4.69) is 25.3 Å². The van der Waals surface area contributed by atoms with Gasteiger partial charge in [0.05, 0.1) is 11.0 Å². The first-order valence-electron chi connectivity index (χ1n) is 8.32. The smallest absolute Gasteiger partial charge is 0.388 e. The van der Waals surface area contributed by atoms with Crippen LogP contribution in [-0.2, 0) is 7.05 Å². The van der Waals surface area contributed by atoms with Crippen molar-refractivity contribution in [3.8, 4) is 5.88 Å². The van der Waals surface area contributed by atoms with Crippen LogP contribution in [0.2, 0.25) is 0 Å². The van der Waals surface area contributed by atoms with Crippen LogP contribution in [0, 0.1) is 0 Å². The Morgan fingerprint density at radius 1 is 1.07 bits per heavy atom. The molecule has 9 nitrogen and oxygen atoms in total. The molecule has 0 aliphatic heterocycles. The summed E-state index contributed by atoms with van der Waals surface area (Å²) in [6.07, 6.45) is 0.605. The minimum absolute atomic E-state index is 0.0639. The van der Waals surface area contributed by atoms with E-state index in [1.165, 1.54) is 12.3 Å². The van der Waals surface area contributed by atoms with Gasteiger partial charge in [0.15, 0.2) is 5.82 Å². The molecule has 0 bridgehead atoms. The molecular weight excluding hydrogens is 362 g/mol. The third-order valence-corrected chi connectivity index (χ3v) is 3.99. The molecule has 0 aliphatic carbocycles. The van der Waals surface area contributed by atoms with E-state index >= 15 is 0 Å². The largest absolute Gasteiger partial charge is 0.418 e. The summed E-state index contributed by atoms with van der Waals surface area (Å²) >= 11 is 0. The third kappa shape index (κ3) is 3.54. The first-order chi connectivity index (χ1) is 13.6. The predicted molar refractivity (Wildman–Crippen MR) is 103 cm³/mol. The highest BCUT2D eigenvalue weighted by atomic mass is 16.6. The SMILES string of the molecule is Cn1c(=O)c(Nc2ccc(NC(=O)Oc3ccon3)cc2)nc2ccccc21. The van der Waals surface area contributed by atoms with Crippen molar-refractivity contribution >= 4 is 34.3 Å². The van der Waals surface area contributed by atoms with Crippen molar-refractivity contribution in [3.05, 3.63) is 71.2 Å². The summed E-state index contributed by atoms with van der Waals surface area (Å²) in [4.78, 5) is 28.7. The van der Waals surface area contributed by atoms with Gasteiger partial charge in [0, 0.05) is 24.5 Å². The van der Waals surface area contributed by atoms with Gasteiger partial charge in [0.25, 0.3) is 11.4 Å². The van der Waals surface area contributed by atoms with Gasteiger partial charge in [0.1, 0.15) is 6.26 Å². The molecule has 28 heavy (non-hydrogen) atoms. The van der Waals surface area contributed by atoms with Gasteiger partial charge >= 0.3 is 6.09 Å². The van der Waals surface area contributed by atoms with Crippen molar-refractivity contribution in [3.63, 3.8) is 0 Å². The van der Waals surface area contributed by atoms with E-state index in [1.54, 1.807) is 35.9 Å². The Morgan fingerprint density at radius 2 is 1.82 bits per heavy atom. The van der Waals surface area contributed by atoms with E-state index in [0.29, 0.717) is 16.9 Å². The first-order valence-corrected chi connectivity index (χ1v) is 8.32. The zero-order valence-corrected chi connectivity index (χ0v) is 14.7. The second-order valence-corrected chi connectivity index (χ2v) is 5.87. The van der Waals surface area contributed by atoms with E-state index in [1.807, 2.05) is 24.3 Å². The lowest BCUT2D eigenvalue weighted by Gasteiger charge is -2.10. The molecular formula is C19H15N5O4. The Balaban J connectivity index is 1.49. The van der Waals surface area contributed by atoms with Crippen LogP contribution in [0.3, 0.4) is 0 Å². The zero-order chi connectivity index (χ0) is 19.5. The normalized spacial score (nSPS) is 10.6. The number of hydrogen-bond donors (Lipinski definition) is 2. The van der Waals surface area contributed by atoms with Crippen LogP contribution in [0.5, 0.6) is 5.88 Å². The number of anilines is 3. The fraction of sp³-hybridized carbons (Fsp3) is 0.0526. The van der Waals surface area contributed by atoms with Crippen LogP contribution in [0.15, 0.2) is 70.2 Å². The van der Waals surface area contributed by atoms with E-state index in [9.17, 15) is 9.59 Å². The van der Waals surface area contributed by atoms with E-state index in [4.69, 9.17) is 4.74 Å². The highest BCUT2D eigenvalue weighted by Crippen LogP contribution is 2.18. The van der Waals surface area contributed by atoms with Crippen LogP contribution >= 0.6 is 0 Å². The van der Waals surface area contributed by atoms with Crippen molar-refractivity contribution in [2.45, 2.75) is 0 Å². The van der Waals surface area contributed by atoms with Crippen LogP contribution in [0.1, 0.15) is 0 Å². The molecule has 0 unspecified atom stereocenters. The Morgan fingerprint density at radius 3 is 2.57 bits per heavy atom. The number of rotatable bonds is 4. The van der Waals surface area contributed by atoms with Gasteiger partial charge in [-0.2, -0.15) is 0 Å². The Hall–Kier alpha value is -4.14. The highest BCUT2D eigenvalue weighted by Gasteiger charge is 2.10. The summed E-state index contributed by atoms with van der Waals surface area (Å²) in [5.74, 6) is 0.279. The minimum Gasteiger partial charge on any atom is -0.388 e. The van der Waals surface area contributed by atoms with Crippen molar-refractivity contribution in [2.75, 3.05) is 10.6 Å². The second kappa shape index (κ2) is 7.23. The Labute approximate surface area is 158 Å². The molecule has 0 spiro atoms. The van der Waals surface area contributed by atoms with Crippen molar-refractivity contribution in [1.82, 2.24) is 14.7 Å². The minimum atomic E-state index is -0.695. The number of nitrogens with one attached hydrogen (secondary N) is 2. The lowest BCUT2D eigenvalue weighted by atomic mass is 10.2. The summed E-state index contributed by atoms with van der Waals surface area (Å²) < 4.78 is 11.1. The average Bonchev–Trinajstić information content (AvgIpc) is 3.20. The molecule has 2 N–H and O–H groups in total. The van der Waals surface area contributed by atoms with Gasteiger partial charge in [-0.05, 0) is 41.6 Å². The monoisotopic (exact) mass is 377 g/mol. The number of carbonyl (C=O) groups is 1. The highest BCUT2D eigenvalue weighted by molar-refractivity contribution is 5.86. The number of fused-ring (bicyclic) bond motifs is 1. The van der Waals surface area contributed by atoms with Crippen LogP contribution < -0.4 is 20.9 Å². The molecule has 2 aromatic carbocycles. The molecule has 0 radical (unpaired) electrons. The number of amides is 1. The lowest BCUT2D eigenvalue weighted by Crippen LogP contribution is -2.21. The molecule has 140 valence electrons. The molecule has 2 heterocycles. The van der Waals surface area contributed by atoms with Gasteiger partial charge in [-0.3, -0.25) is 10.1 Å². The molecule has 0 atom stereocenters. The summed E-state index contributed by atoms with van der Waals surface area (Å²) in [7, 11) is 1.70. The fourth-order valence-corrected chi connectivity index (χ4v) is 2.63. The Bertz CT molecular complexity index is 1180. The number of aromatic nitrogens is 3. The van der Waals surface area contributed by atoms with E-state index in [-0.39, 0.29) is 17.3 Å². The molecule has 1 amide bonds. The average molecular weight is 377 g/mol. The number of carbonyl (C=O) groups excluding carboxylic acids is 1. The van der Waals surface area contributed by atoms with Crippen LogP contribution in [0.25, 0.3) is 11.0 Å². The quantitative estimate of drug-likeness (QED) is 0.561. The van der Waals surface area contributed by atoms with E-state index in [0.717, 1.165) is 5.52 Å². The molecule has 4 rings (SSSR count). The van der Waals surface area contributed by atoms with Crippen LogP contribution in [-0.4, -0.2) is 20.8 Å². The van der Waals surface area contributed by atoms with Crippen molar-refractivity contribution in [2.24, 2.45) is 7.05 Å². The maximum absolute atomic E-state index is 12.5. The second-order valence-electron chi connectivity index (χ2n) is 5.87. The van der Waals surface area contributed by atoms with Crippen LogP contribution in [0.4, 0.5) is 22.0 Å². The summed E-state index contributed by atoms with van der Waals surface area (Å²) in [5.41, 5.74) is 2.38. The third-order valence-electron chi connectivity index (χ3n) is 3.99. The maximum Gasteiger partial charge on any atom is 0.418 e. The first kappa shape index (κ1) is 17.3. The summed E-state index contributed by atoms with van der Waals surface area (Å²) in [6, 6.07) is 15.6. The lowest BCUT2D eigenvalue weighted by molar-refractivity contribution is 0.210. The molecule has 4 aromatic rings. The molecule has 0 saturated carbocycles. The predicted octanol–water partition coefficient (Wildman–Crippen LogP) is 3.28. The molecule has 0 fully saturated rings. The fourth-order valence-electron chi connectivity index (χ4n) is 2.63. The van der Waals surface area contributed by atoms with Gasteiger partial charge in [-0.15, -0.1) is 0 Å². The topological polar surface area (TPSA) is 111 Å². The number of ether oxygens (including phenoxy) is 1. The standard InChI is InChI=1S/C19H15N5O4/c1-24-15-5-3-2-4-14(15)22-17(18(24)25)20-12-6-8-13(9-7-12)21-19(26)28-16-10-11-27-23-16/h2-11H,1H3,(H,20,22)(H,21,26). The van der Waals surface area contributed by atoms with Gasteiger partial charge in [-0.1, -0.05) is 12.1 Å². The summed E-state index contributed by atoms with van der Waals surface area (Å²) in [6.45, 7) is 0.